The average molecular weight is 288 g/mol. The van der Waals surface area contributed by atoms with E-state index in [1.165, 1.54) is 25.2 Å². The van der Waals surface area contributed by atoms with Gasteiger partial charge in [-0.1, -0.05) is 25.1 Å². The van der Waals surface area contributed by atoms with E-state index in [-0.39, 0.29) is 12.0 Å². The lowest BCUT2D eigenvalue weighted by molar-refractivity contribution is -0.118. The molecule has 0 bridgehead atoms. The Hall–Kier alpha value is -1.47. The summed E-state index contributed by atoms with van der Waals surface area (Å²) in [5.41, 5.74) is 0.161. The molecule has 1 aromatic carbocycles. The maximum absolute atomic E-state index is 13.3. The summed E-state index contributed by atoms with van der Waals surface area (Å²) in [5, 5.41) is 0. The summed E-state index contributed by atoms with van der Waals surface area (Å²) in [4.78, 5) is 11.6. The Balaban J connectivity index is 2.68. The topological polar surface area (TPSA) is 66.5 Å². The monoisotopic (exact) mass is 288 g/mol. The van der Waals surface area contributed by atoms with Crippen molar-refractivity contribution in [1.29, 1.82) is 0 Å². The molecule has 1 aromatic rings. The Bertz CT molecular complexity index is 546. The maximum atomic E-state index is 13.3. The van der Waals surface area contributed by atoms with Crippen molar-refractivity contribution in [3.63, 3.8) is 0 Å². The molecule has 19 heavy (non-hydrogen) atoms. The molecule has 0 radical (unpaired) electrons. The number of halogens is 1. The molecule has 0 spiro atoms. The molecular formula is C12H17FN2O3S. The van der Waals surface area contributed by atoms with E-state index < -0.39 is 21.9 Å². The van der Waals surface area contributed by atoms with Gasteiger partial charge in [0.15, 0.2) is 0 Å². The van der Waals surface area contributed by atoms with Crippen molar-refractivity contribution in [2.45, 2.75) is 19.8 Å². The minimum absolute atomic E-state index is 0.161. The van der Waals surface area contributed by atoms with Crippen LogP contribution in [0, 0.1) is 5.82 Å². The van der Waals surface area contributed by atoms with Gasteiger partial charge in [0.05, 0.1) is 6.42 Å². The first-order chi connectivity index (χ1) is 8.86. The summed E-state index contributed by atoms with van der Waals surface area (Å²) in [7, 11) is -2.47. The van der Waals surface area contributed by atoms with E-state index in [1.54, 1.807) is 6.07 Å². The Morgan fingerprint density at radius 1 is 1.37 bits per heavy atom. The van der Waals surface area contributed by atoms with E-state index >= 15 is 0 Å². The van der Waals surface area contributed by atoms with E-state index in [1.807, 2.05) is 11.6 Å². The van der Waals surface area contributed by atoms with Gasteiger partial charge in [-0.15, -0.1) is 0 Å². The van der Waals surface area contributed by atoms with Crippen molar-refractivity contribution in [3.8, 4) is 0 Å². The predicted octanol–water partition coefficient (Wildman–Crippen LogP) is 1.07. The lowest BCUT2D eigenvalue weighted by Crippen LogP contribution is -2.42. The van der Waals surface area contributed by atoms with Crippen molar-refractivity contribution >= 4 is 16.1 Å². The zero-order valence-corrected chi connectivity index (χ0v) is 11.7. The highest BCUT2D eigenvalue weighted by atomic mass is 32.2. The van der Waals surface area contributed by atoms with Gasteiger partial charge in [0.25, 0.3) is 0 Å². The van der Waals surface area contributed by atoms with Crippen LogP contribution < -0.4 is 4.72 Å². The Morgan fingerprint density at radius 3 is 2.58 bits per heavy atom. The summed E-state index contributed by atoms with van der Waals surface area (Å²) in [5.74, 6) is -1.29. The first kappa shape index (κ1) is 15.6. The fraction of sp³-hybridized carbons (Fsp3) is 0.417. The standard InChI is InChI=1S/C12H17FN2O3S/c1-3-8-15(2)19(17,18)14-12(16)9-10-6-4-5-7-11(10)13/h4-7H,3,8-9H2,1-2H3,(H,14,16). The minimum Gasteiger partial charge on any atom is -0.274 e. The third-order valence-corrected chi connectivity index (χ3v) is 3.99. The van der Waals surface area contributed by atoms with Crippen LogP contribution in [0.2, 0.25) is 0 Å². The van der Waals surface area contributed by atoms with Gasteiger partial charge < -0.3 is 0 Å². The fourth-order valence-electron chi connectivity index (χ4n) is 1.51. The summed E-state index contributed by atoms with van der Waals surface area (Å²) < 4.78 is 39.7. The SMILES string of the molecule is CCCN(C)S(=O)(=O)NC(=O)Cc1ccccc1F. The quantitative estimate of drug-likeness (QED) is 0.851. The number of hydrogen-bond acceptors (Lipinski definition) is 3. The first-order valence-electron chi connectivity index (χ1n) is 5.87. The van der Waals surface area contributed by atoms with E-state index in [0.717, 1.165) is 4.31 Å². The van der Waals surface area contributed by atoms with E-state index in [9.17, 15) is 17.6 Å². The highest BCUT2D eigenvalue weighted by molar-refractivity contribution is 7.87. The second kappa shape index (κ2) is 6.63. The predicted molar refractivity (Wildman–Crippen MR) is 70.1 cm³/mol. The number of benzene rings is 1. The molecule has 0 aliphatic carbocycles. The van der Waals surface area contributed by atoms with Gasteiger partial charge in [0, 0.05) is 13.6 Å². The molecular weight excluding hydrogens is 271 g/mol. The number of amides is 1. The van der Waals surface area contributed by atoms with E-state index in [4.69, 9.17) is 0 Å². The zero-order valence-electron chi connectivity index (χ0n) is 10.9. The number of carbonyl (C=O) groups excluding carboxylic acids is 1. The fourth-order valence-corrected chi connectivity index (χ4v) is 2.45. The molecule has 106 valence electrons. The van der Waals surface area contributed by atoms with Crippen molar-refractivity contribution in [3.05, 3.63) is 35.6 Å². The molecule has 1 amide bonds. The van der Waals surface area contributed by atoms with Crippen LogP contribution in [0.15, 0.2) is 24.3 Å². The molecule has 1 rings (SSSR count). The van der Waals surface area contributed by atoms with Crippen molar-refractivity contribution in [2.75, 3.05) is 13.6 Å². The van der Waals surface area contributed by atoms with Crippen LogP contribution >= 0.6 is 0 Å². The third-order valence-electron chi connectivity index (χ3n) is 2.50. The van der Waals surface area contributed by atoms with Crippen LogP contribution in [0.25, 0.3) is 0 Å². The summed E-state index contributed by atoms with van der Waals surface area (Å²) in [6.07, 6.45) is 0.324. The molecule has 7 heteroatoms. The smallest absolute Gasteiger partial charge is 0.274 e. The molecule has 0 aliphatic heterocycles. The number of nitrogens with one attached hydrogen (secondary N) is 1. The third kappa shape index (κ3) is 4.60. The van der Waals surface area contributed by atoms with Gasteiger partial charge in [0.1, 0.15) is 5.82 Å². The minimum atomic E-state index is -3.84. The van der Waals surface area contributed by atoms with Gasteiger partial charge in [-0.3, -0.25) is 4.79 Å². The number of carbonyl (C=O) groups is 1. The zero-order chi connectivity index (χ0) is 14.5. The van der Waals surface area contributed by atoms with Crippen molar-refractivity contribution < 1.29 is 17.6 Å². The number of nitrogens with zero attached hydrogens (tertiary/aromatic N) is 1. The summed E-state index contributed by atoms with van der Waals surface area (Å²) >= 11 is 0. The van der Waals surface area contributed by atoms with Crippen LogP contribution in [0.5, 0.6) is 0 Å². The highest BCUT2D eigenvalue weighted by Gasteiger charge is 2.20. The number of hydrogen-bond donors (Lipinski definition) is 1. The van der Waals surface area contributed by atoms with E-state index in [0.29, 0.717) is 13.0 Å². The maximum Gasteiger partial charge on any atom is 0.303 e. The average Bonchev–Trinajstić information content (AvgIpc) is 2.31. The molecule has 1 N–H and O–H groups in total. The Kier molecular flexibility index (Phi) is 5.44. The summed E-state index contributed by atoms with van der Waals surface area (Å²) in [6.45, 7) is 2.13. The molecule has 0 aliphatic rings. The molecule has 5 nitrogen and oxygen atoms in total. The highest BCUT2D eigenvalue weighted by Crippen LogP contribution is 2.07. The second-order valence-electron chi connectivity index (χ2n) is 4.12. The molecule has 0 atom stereocenters. The van der Waals surface area contributed by atoms with Crippen LogP contribution in [0.1, 0.15) is 18.9 Å². The van der Waals surface area contributed by atoms with Gasteiger partial charge in [-0.25, -0.2) is 9.11 Å². The Labute approximate surface area is 112 Å². The van der Waals surface area contributed by atoms with Crippen molar-refractivity contribution in [2.24, 2.45) is 0 Å². The van der Waals surface area contributed by atoms with Gasteiger partial charge in [-0.2, -0.15) is 12.7 Å². The molecule has 0 unspecified atom stereocenters. The molecule has 0 aromatic heterocycles. The van der Waals surface area contributed by atoms with Crippen LogP contribution in [0.4, 0.5) is 4.39 Å². The van der Waals surface area contributed by atoms with Crippen molar-refractivity contribution in [1.82, 2.24) is 9.03 Å². The summed E-state index contributed by atoms with van der Waals surface area (Å²) in [6, 6.07) is 5.75. The second-order valence-corrected chi connectivity index (χ2v) is 5.90. The van der Waals surface area contributed by atoms with Gasteiger partial charge in [-0.05, 0) is 18.1 Å². The molecule has 0 fully saturated rings. The van der Waals surface area contributed by atoms with Crippen LogP contribution in [0.3, 0.4) is 0 Å². The molecule has 0 heterocycles. The molecule has 0 saturated heterocycles. The molecule has 0 saturated carbocycles. The van der Waals surface area contributed by atoms with Gasteiger partial charge >= 0.3 is 10.2 Å². The lowest BCUT2D eigenvalue weighted by Gasteiger charge is -2.16. The van der Waals surface area contributed by atoms with Crippen LogP contribution in [-0.2, 0) is 21.4 Å². The number of rotatable bonds is 6. The van der Waals surface area contributed by atoms with Crippen LogP contribution in [-0.4, -0.2) is 32.2 Å². The van der Waals surface area contributed by atoms with E-state index in [2.05, 4.69) is 0 Å². The lowest BCUT2D eigenvalue weighted by atomic mass is 10.1. The first-order valence-corrected chi connectivity index (χ1v) is 7.31. The normalized spacial score (nSPS) is 11.6. The largest absolute Gasteiger partial charge is 0.303 e. The Morgan fingerprint density at radius 2 is 2.00 bits per heavy atom. The van der Waals surface area contributed by atoms with Gasteiger partial charge in [0.2, 0.25) is 5.91 Å².